The van der Waals surface area contributed by atoms with Crippen LogP contribution >= 0.6 is 15.9 Å². The molecule has 0 spiro atoms. The third kappa shape index (κ3) is 2.15. The normalized spacial score (nSPS) is 18.4. The summed E-state index contributed by atoms with van der Waals surface area (Å²) in [5.74, 6) is 0.292. The molecule has 0 bridgehead atoms. The Morgan fingerprint density at radius 2 is 2.00 bits per heavy atom. The van der Waals surface area contributed by atoms with Gasteiger partial charge in [0, 0.05) is 13.2 Å². The van der Waals surface area contributed by atoms with Gasteiger partial charge in [0.05, 0.1) is 4.47 Å². The quantitative estimate of drug-likeness (QED) is 0.750. The van der Waals surface area contributed by atoms with E-state index in [9.17, 15) is 4.39 Å². The predicted molar refractivity (Wildman–Crippen MR) is 56.9 cm³/mol. The van der Waals surface area contributed by atoms with Gasteiger partial charge in [0.25, 0.3) is 0 Å². The summed E-state index contributed by atoms with van der Waals surface area (Å²) in [6.07, 6.45) is 2.00. The molecule has 0 saturated carbocycles. The second-order valence-electron chi connectivity index (χ2n) is 3.56. The molecule has 14 heavy (non-hydrogen) atoms. The Kier molecular flexibility index (Phi) is 3.19. The molecule has 0 unspecified atom stereocenters. The minimum atomic E-state index is -0.172. The predicted octanol–water partition coefficient (Wildman–Crippen LogP) is 3.48. The number of ether oxygens (including phenoxy) is 1. The Morgan fingerprint density at radius 3 is 2.64 bits per heavy atom. The molecule has 1 saturated heterocycles. The first-order valence-electron chi connectivity index (χ1n) is 4.80. The van der Waals surface area contributed by atoms with E-state index in [1.807, 2.05) is 6.07 Å². The molecule has 0 radical (unpaired) electrons. The Labute approximate surface area is 91.4 Å². The van der Waals surface area contributed by atoms with E-state index in [1.54, 1.807) is 12.1 Å². The highest BCUT2D eigenvalue weighted by Crippen LogP contribution is 2.28. The van der Waals surface area contributed by atoms with Crippen molar-refractivity contribution in [2.45, 2.75) is 18.8 Å². The first-order valence-corrected chi connectivity index (χ1v) is 5.59. The van der Waals surface area contributed by atoms with Gasteiger partial charge in [0.1, 0.15) is 5.82 Å². The average molecular weight is 259 g/mol. The highest BCUT2D eigenvalue weighted by molar-refractivity contribution is 9.10. The third-order valence-corrected chi connectivity index (χ3v) is 3.28. The first kappa shape index (κ1) is 10.1. The molecule has 1 nitrogen and oxygen atoms in total. The smallest absolute Gasteiger partial charge is 0.137 e. The van der Waals surface area contributed by atoms with Crippen LogP contribution in [0.15, 0.2) is 22.7 Å². The molecule has 1 fully saturated rings. The van der Waals surface area contributed by atoms with Crippen LogP contribution in [0.1, 0.15) is 24.3 Å². The van der Waals surface area contributed by atoms with Gasteiger partial charge in [0.15, 0.2) is 0 Å². The molecule has 0 atom stereocenters. The molecule has 1 aliphatic heterocycles. The van der Waals surface area contributed by atoms with E-state index in [0.717, 1.165) is 31.6 Å². The summed E-state index contributed by atoms with van der Waals surface area (Å²) in [4.78, 5) is 0. The molecule has 76 valence electrons. The Balaban J connectivity index is 2.18. The van der Waals surface area contributed by atoms with Crippen molar-refractivity contribution in [1.82, 2.24) is 0 Å². The van der Waals surface area contributed by atoms with Crippen LogP contribution in [0, 0.1) is 5.82 Å². The number of hydrogen-bond acceptors (Lipinski definition) is 1. The second kappa shape index (κ2) is 4.41. The molecular weight excluding hydrogens is 247 g/mol. The van der Waals surface area contributed by atoms with Crippen molar-refractivity contribution < 1.29 is 9.13 Å². The van der Waals surface area contributed by atoms with Gasteiger partial charge >= 0.3 is 0 Å². The van der Waals surface area contributed by atoms with Gasteiger partial charge in [-0.05, 0) is 52.4 Å². The molecule has 1 aromatic carbocycles. The summed E-state index contributed by atoms with van der Waals surface area (Å²) in [6, 6.07) is 5.39. The monoisotopic (exact) mass is 258 g/mol. The van der Waals surface area contributed by atoms with Crippen LogP contribution in [0.5, 0.6) is 0 Å². The first-order chi connectivity index (χ1) is 6.77. The van der Waals surface area contributed by atoms with E-state index in [4.69, 9.17) is 4.74 Å². The molecule has 2 rings (SSSR count). The number of rotatable bonds is 1. The second-order valence-corrected chi connectivity index (χ2v) is 4.41. The average Bonchev–Trinajstić information content (AvgIpc) is 2.23. The third-order valence-electron chi connectivity index (χ3n) is 2.64. The van der Waals surface area contributed by atoms with Gasteiger partial charge in [-0.3, -0.25) is 0 Å². The maximum Gasteiger partial charge on any atom is 0.137 e. The van der Waals surface area contributed by atoms with Gasteiger partial charge < -0.3 is 4.74 Å². The molecule has 1 aliphatic rings. The lowest BCUT2D eigenvalue weighted by Crippen LogP contribution is -2.14. The van der Waals surface area contributed by atoms with Crippen molar-refractivity contribution in [2.75, 3.05) is 13.2 Å². The van der Waals surface area contributed by atoms with Crippen LogP contribution in [-0.4, -0.2) is 13.2 Å². The number of benzene rings is 1. The van der Waals surface area contributed by atoms with E-state index >= 15 is 0 Å². The largest absolute Gasteiger partial charge is 0.381 e. The van der Waals surface area contributed by atoms with Gasteiger partial charge in [-0.2, -0.15) is 0 Å². The summed E-state index contributed by atoms with van der Waals surface area (Å²) < 4.78 is 19.1. The Morgan fingerprint density at radius 1 is 1.29 bits per heavy atom. The lowest BCUT2D eigenvalue weighted by atomic mass is 9.92. The van der Waals surface area contributed by atoms with E-state index < -0.39 is 0 Å². The number of hydrogen-bond donors (Lipinski definition) is 0. The number of halogens is 2. The molecule has 0 aliphatic carbocycles. The molecule has 1 aromatic rings. The van der Waals surface area contributed by atoms with Crippen LogP contribution in [-0.2, 0) is 4.74 Å². The zero-order valence-electron chi connectivity index (χ0n) is 7.80. The van der Waals surface area contributed by atoms with E-state index in [2.05, 4.69) is 15.9 Å². The maximum absolute atomic E-state index is 13.3. The van der Waals surface area contributed by atoms with Crippen molar-refractivity contribution in [1.29, 1.82) is 0 Å². The van der Waals surface area contributed by atoms with Crippen molar-refractivity contribution in [3.05, 3.63) is 34.1 Å². The Hall–Kier alpha value is -0.410. The standard InChI is InChI=1S/C11H12BrFO/c12-10-2-1-9(7-11(10)13)8-3-5-14-6-4-8/h1-2,7-8H,3-6H2. The van der Waals surface area contributed by atoms with E-state index in [0.29, 0.717) is 10.4 Å². The van der Waals surface area contributed by atoms with Crippen LogP contribution in [0.3, 0.4) is 0 Å². The zero-order valence-corrected chi connectivity index (χ0v) is 9.39. The fraction of sp³-hybridized carbons (Fsp3) is 0.455. The highest BCUT2D eigenvalue weighted by Gasteiger charge is 2.16. The van der Waals surface area contributed by atoms with Crippen LogP contribution in [0.25, 0.3) is 0 Å². The topological polar surface area (TPSA) is 9.23 Å². The van der Waals surface area contributed by atoms with Gasteiger partial charge in [0.2, 0.25) is 0 Å². The van der Waals surface area contributed by atoms with Crippen molar-refractivity contribution in [3.8, 4) is 0 Å². The van der Waals surface area contributed by atoms with Crippen LogP contribution in [0.4, 0.5) is 4.39 Å². The lowest BCUT2D eigenvalue weighted by molar-refractivity contribution is 0.0852. The maximum atomic E-state index is 13.3. The summed E-state index contributed by atoms with van der Waals surface area (Å²) in [5.41, 5.74) is 1.09. The summed E-state index contributed by atoms with van der Waals surface area (Å²) in [6.45, 7) is 1.59. The fourth-order valence-corrected chi connectivity index (χ4v) is 2.04. The van der Waals surface area contributed by atoms with Gasteiger partial charge in [-0.15, -0.1) is 0 Å². The molecule has 1 heterocycles. The molecule has 0 N–H and O–H groups in total. The molecule has 0 aromatic heterocycles. The van der Waals surface area contributed by atoms with Gasteiger partial charge in [-0.1, -0.05) is 6.07 Å². The zero-order chi connectivity index (χ0) is 9.97. The van der Waals surface area contributed by atoms with E-state index in [-0.39, 0.29) is 5.82 Å². The summed E-state index contributed by atoms with van der Waals surface area (Å²) in [5, 5.41) is 0. The Bertz CT molecular complexity index is 321. The van der Waals surface area contributed by atoms with Crippen molar-refractivity contribution >= 4 is 15.9 Å². The fourth-order valence-electron chi connectivity index (χ4n) is 1.80. The van der Waals surface area contributed by atoms with Crippen molar-refractivity contribution in [3.63, 3.8) is 0 Å². The van der Waals surface area contributed by atoms with E-state index in [1.165, 1.54) is 0 Å². The van der Waals surface area contributed by atoms with Crippen LogP contribution < -0.4 is 0 Å². The van der Waals surface area contributed by atoms with Crippen LogP contribution in [0.2, 0.25) is 0 Å². The summed E-state index contributed by atoms with van der Waals surface area (Å²) >= 11 is 3.15. The lowest BCUT2D eigenvalue weighted by Gasteiger charge is -2.22. The highest BCUT2D eigenvalue weighted by atomic mass is 79.9. The van der Waals surface area contributed by atoms with Crippen molar-refractivity contribution in [2.24, 2.45) is 0 Å². The SMILES string of the molecule is Fc1cc(C2CCOCC2)ccc1Br. The van der Waals surface area contributed by atoms with Gasteiger partial charge in [-0.25, -0.2) is 4.39 Å². The molecule has 3 heteroatoms. The molecular formula is C11H12BrFO. The summed E-state index contributed by atoms with van der Waals surface area (Å²) in [7, 11) is 0. The molecule has 0 amide bonds. The minimum Gasteiger partial charge on any atom is -0.381 e. The minimum absolute atomic E-state index is 0.172.